The summed E-state index contributed by atoms with van der Waals surface area (Å²) in [5.74, 6) is 0. The van der Waals surface area contributed by atoms with Crippen molar-refractivity contribution in [1.82, 2.24) is 4.90 Å². The van der Waals surface area contributed by atoms with Gasteiger partial charge in [-0.25, -0.2) is 4.39 Å². The summed E-state index contributed by atoms with van der Waals surface area (Å²) in [4.78, 5) is 2.16. The third-order valence-corrected chi connectivity index (χ3v) is 2.19. The van der Waals surface area contributed by atoms with Gasteiger partial charge in [-0.1, -0.05) is 0 Å². The first-order valence-electron chi connectivity index (χ1n) is 4.15. The van der Waals surface area contributed by atoms with Crippen LogP contribution in [-0.2, 0) is 4.74 Å². The van der Waals surface area contributed by atoms with E-state index < -0.39 is 0 Å². The van der Waals surface area contributed by atoms with E-state index in [2.05, 4.69) is 18.7 Å². The van der Waals surface area contributed by atoms with Crippen molar-refractivity contribution in [3.8, 4) is 0 Å². The second kappa shape index (κ2) is 4.02. The van der Waals surface area contributed by atoms with Crippen LogP contribution in [0.5, 0.6) is 0 Å². The molecule has 0 aromatic rings. The van der Waals surface area contributed by atoms with E-state index in [1.165, 1.54) is 0 Å². The Balaban J connectivity index is 2.41. The molecule has 1 aliphatic rings. The molecule has 0 spiro atoms. The molecule has 1 heterocycles. The van der Waals surface area contributed by atoms with E-state index in [-0.39, 0.29) is 6.67 Å². The Bertz CT molecular complexity index is 111. The zero-order valence-corrected chi connectivity index (χ0v) is 7.22. The van der Waals surface area contributed by atoms with Gasteiger partial charge in [0.1, 0.15) is 6.67 Å². The first-order chi connectivity index (χ1) is 5.25. The molecule has 0 saturated carbocycles. The number of nitrogens with zero attached hydrogens (tertiary/aromatic N) is 1. The van der Waals surface area contributed by atoms with Gasteiger partial charge in [-0.15, -0.1) is 0 Å². The van der Waals surface area contributed by atoms with Gasteiger partial charge in [-0.2, -0.15) is 0 Å². The van der Waals surface area contributed by atoms with Gasteiger partial charge in [-0.05, 0) is 13.8 Å². The SMILES string of the molecule is CC1COCC(C)N1CCF. The van der Waals surface area contributed by atoms with Crippen molar-refractivity contribution in [2.75, 3.05) is 26.4 Å². The number of halogens is 1. The summed E-state index contributed by atoms with van der Waals surface area (Å²) in [6.07, 6.45) is 0. The van der Waals surface area contributed by atoms with Crippen LogP contribution in [0.3, 0.4) is 0 Å². The molecule has 2 unspecified atom stereocenters. The number of hydrogen-bond donors (Lipinski definition) is 0. The molecule has 3 heteroatoms. The minimum Gasteiger partial charge on any atom is -0.378 e. The molecule has 2 nitrogen and oxygen atoms in total. The maximum Gasteiger partial charge on any atom is 0.102 e. The molecular weight excluding hydrogens is 145 g/mol. The predicted molar refractivity (Wildman–Crippen MR) is 42.4 cm³/mol. The normalized spacial score (nSPS) is 34.1. The van der Waals surface area contributed by atoms with Gasteiger partial charge in [-0.3, -0.25) is 4.90 Å². The highest BCUT2D eigenvalue weighted by atomic mass is 19.1. The lowest BCUT2D eigenvalue weighted by atomic mass is 10.2. The molecule has 0 bridgehead atoms. The Labute approximate surface area is 67.3 Å². The van der Waals surface area contributed by atoms with Crippen molar-refractivity contribution in [1.29, 1.82) is 0 Å². The molecule has 0 N–H and O–H groups in total. The average Bonchev–Trinajstić information content (AvgIpc) is 1.97. The lowest BCUT2D eigenvalue weighted by molar-refractivity contribution is -0.0383. The Morgan fingerprint density at radius 1 is 1.36 bits per heavy atom. The molecule has 1 fully saturated rings. The highest BCUT2D eigenvalue weighted by Gasteiger charge is 2.24. The quantitative estimate of drug-likeness (QED) is 0.600. The Morgan fingerprint density at radius 3 is 2.36 bits per heavy atom. The molecule has 0 amide bonds. The molecule has 0 aliphatic carbocycles. The van der Waals surface area contributed by atoms with E-state index >= 15 is 0 Å². The summed E-state index contributed by atoms with van der Waals surface area (Å²) in [6, 6.07) is 0.740. The zero-order chi connectivity index (χ0) is 8.27. The van der Waals surface area contributed by atoms with Gasteiger partial charge < -0.3 is 4.74 Å². The van der Waals surface area contributed by atoms with Gasteiger partial charge in [0.05, 0.1) is 13.2 Å². The van der Waals surface area contributed by atoms with Crippen LogP contribution in [-0.4, -0.2) is 43.4 Å². The third kappa shape index (κ3) is 2.14. The average molecular weight is 161 g/mol. The van der Waals surface area contributed by atoms with Crippen molar-refractivity contribution < 1.29 is 9.13 Å². The van der Waals surface area contributed by atoms with Crippen LogP contribution in [0, 0.1) is 0 Å². The summed E-state index contributed by atoms with van der Waals surface area (Å²) >= 11 is 0. The van der Waals surface area contributed by atoms with Crippen LogP contribution in [0.2, 0.25) is 0 Å². The van der Waals surface area contributed by atoms with Gasteiger partial charge in [0.15, 0.2) is 0 Å². The minimum atomic E-state index is -0.255. The zero-order valence-electron chi connectivity index (χ0n) is 7.22. The molecule has 0 radical (unpaired) electrons. The van der Waals surface area contributed by atoms with Crippen molar-refractivity contribution in [2.24, 2.45) is 0 Å². The second-order valence-corrected chi connectivity index (χ2v) is 3.16. The maximum absolute atomic E-state index is 12.0. The Morgan fingerprint density at radius 2 is 1.91 bits per heavy atom. The van der Waals surface area contributed by atoms with Crippen LogP contribution in [0.4, 0.5) is 4.39 Å². The number of ether oxygens (including phenoxy) is 1. The van der Waals surface area contributed by atoms with Crippen molar-refractivity contribution >= 4 is 0 Å². The van der Waals surface area contributed by atoms with E-state index in [1.54, 1.807) is 0 Å². The fourth-order valence-electron chi connectivity index (χ4n) is 1.57. The number of rotatable bonds is 2. The minimum absolute atomic E-state index is 0.255. The molecule has 0 aromatic carbocycles. The van der Waals surface area contributed by atoms with Crippen LogP contribution in [0.1, 0.15) is 13.8 Å². The monoisotopic (exact) mass is 161 g/mol. The van der Waals surface area contributed by atoms with E-state index in [0.717, 1.165) is 13.2 Å². The highest BCUT2D eigenvalue weighted by molar-refractivity contribution is 4.76. The van der Waals surface area contributed by atoms with E-state index in [4.69, 9.17) is 4.74 Å². The third-order valence-electron chi connectivity index (χ3n) is 2.19. The number of alkyl halides is 1. The van der Waals surface area contributed by atoms with Crippen LogP contribution in [0.25, 0.3) is 0 Å². The first-order valence-corrected chi connectivity index (χ1v) is 4.15. The summed E-state index contributed by atoms with van der Waals surface area (Å²) < 4.78 is 17.3. The first kappa shape index (κ1) is 8.94. The Kier molecular flexibility index (Phi) is 3.27. The molecule has 1 aliphatic heterocycles. The fourth-order valence-corrected chi connectivity index (χ4v) is 1.57. The Hall–Kier alpha value is -0.150. The van der Waals surface area contributed by atoms with Gasteiger partial charge >= 0.3 is 0 Å². The van der Waals surface area contributed by atoms with E-state index in [0.29, 0.717) is 18.6 Å². The number of morpholine rings is 1. The predicted octanol–water partition coefficient (Wildman–Crippen LogP) is 1.07. The highest BCUT2D eigenvalue weighted by Crippen LogP contribution is 2.11. The summed E-state index contributed by atoms with van der Waals surface area (Å²) in [5.41, 5.74) is 0. The molecule has 11 heavy (non-hydrogen) atoms. The van der Waals surface area contributed by atoms with Crippen molar-refractivity contribution in [3.63, 3.8) is 0 Å². The molecule has 1 saturated heterocycles. The molecule has 1 rings (SSSR count). The van der Waals surface area contributed by atoms with Crippen LogP contribution >= 0.6 is 0 Å². The fraction of sp³-hybridized carbons (Fsp3) is 1.00. The standard InChI is InChI=1S/C8H16FNO/c1-7-5-11-6-8(2)10(7)4-3-9/h7-8H,3-6H2,1-2H3. The summed E-state index contributed by atoms with van der Waals surface area (Å²) in [7, 11) is 0. The summed E-state index contributed by atoms with van der Waals surface area (Å²) in [5, 5.41) is 0. The lowest BCUT2D eigenvalue weighted by Gasteiger charge is -2.37. The lowest BCUT2D eigenvalue weighted by Crippen LogP contribution is -2.50. The van der Waals surface area contributed by atoms with Gasteiger partial charge in [0.25, 0.3) is 0 Å². The molecule has 66 valence electrons. The molecule has 0 aromatic heterocycles. The van der Waals surface area contributed by atoms with Gasteiger partial charge in [0.2, 0.25) is 0 Å². The largest absolute Gasteiger partial charge is 0.378 e. The second-order valence-electron chi connectivity index (χ2n) is 3.16. The van der Waals surface area contributed by atoms with E-state index in [1.807, 2.05) is 0 Å². The van der Waals surface area contributed by atoms with Crippen molar-refractivity contribution in [2.45, 2.75) is 25.9 Å². The van der Waals surface area contributed by atoms with Crippen molar-refractivity contribution in [3.05, 3.63) is 0 Å². The van der Waals surface area contributed by atoms with Gasteiger partial charge in [0, 0.05) is 18.6 Å². The topological polar surface area (TPSA) is 12.5 Å². The molecule has 2 atom stereocenters. The maximum atomic E-state index is 12.0. The summed E-state index contributed by atoms with van der Waals surface area (Å²) in [6.45, 7) is 5.92. The number of hydrogen-bond acceptors (Lipinski definition) is 2. The van der Waals surface area contributed by atoms with Crippen LogP contribution in [0.15, 0.2) is 0 Å². The smallest absolute Gasteiger partial charge is 0.102 e. The van der Waals surface area contributed by atoms with Crippen LogP contribution < -0.4 is 0 Å². The molecular formula is C8H16FNO. The van der Waals surface area contributed by atoms with E-state index in [9.17, 15) is 4.39 Å².